The van der Waals surface area contributed by atoms with Crippen LogP contribution in [0.3, 0.4) is 0 Å². The molecule has 1 aliphatic carbocycles. The van der Waals surface area contributed by atoms with E-state index in [1.54, 1.807) is 0 Å². The quantitative estimate of drug-likeness (QED) is 0.627. The smallest absolute Gasteiger partial charge is 0.150 e. The van der Waals surface area contributed by atoms with E-state index in [-0.39, 0.29) is 0 Å². The highest BCUT2D eigenvalue weighted by Gasteiger charge is 2.20. The Morgan fingerprint density at radius 1 is 1.21 bits per heavy atom. The predicted octanol–water partition coefficient (Wildman–Crippen LogP) is 1.34. The van der Waals surface area contributed by atoms with E-state index in [9.17, 15) is 8.42 Å². The minimum absolute atomic E-state index is 0.354. The molecular formula is C10H21NO2S. The highest BCUT2D eigenvalue weighted by atomic mass is 32.2. The van der Waals surface area contributed by atoms with Crippen LogP contribution in [0, 0.1) is 0 Å². The Kier molecular flexibility index (Phi) is 4.89. The molecule has 0 aromatic heterocycles. The molecule has 14 heavy (non-hydrogen) atoms. The van der Waals surface area contributed by atoms with E-state index in [1.807, 2.05) is 6.92 Å². The minimum Gasteiger partial charge on any atom is -0.314 e. The van der Waals surface area contributed by atoms with Crippen LogP contribution in [0.4, 0.5) is 0 Å². The Labute approximate surface area is 87.2 Å². The van der Waals surface area contributed by atoms with Gasteiger partial charge in [0.25, 0.3) is 0 Å². The van der Waals surface area contributed by atoms with E-state index in [2.05, 4.69) is 5.32 Å². The fourth-order valence-corrected chi connectivity index (χ4v) is 2.87. The SMILES string of the molecule is CCCCS(=O)(=O)CCCNC1CC1. The minimum atomic E-state index is -2.76. The molecule has 0 unspecified atom stereocenters. The first-order valence-corrected chi connectivity index (χ1v) is 7.40. The number of unbranched alkanes of at least 4 members (excludes halogenated alkanes) is 1. The van der Waals surface area contributed by atoms with E-state index in [0.29, 0.717) is 17.5 Å². The van der Waals surface area contributed by atoms with Gasteiger partial charge in [0.2, 0.25) is 0 Å². The van der Waals surface area contributed by atoms with Crippen molar-refractivity contribution in [1.82, 2.24) is 5.32 Å². The summed E-state index contributed by atoms with van der Waals surface area (Å²) in [5.74, 6) is 0.722. The van der Waals surface area contributed by atoms with Gasteiger partial charge in [-0.3, -0.25) is 0 Å². The van der Waals surface area contributed by atoms with Crippen LogP contribution in [0.2, 0.25) is 0 Å². The second-order valence-electron chi connectivity index (χ2n) is 4.09. The van der Waals surface area contributed by atoms with Gasteiger partial charge >= 0.3 is 0 Å². The molecule has 0 aliphatic heterocycles. The van der Waals surface area contributed by atoms with E-state index in [1.165, 1.54) is 12.8 Å². The molecule has 1 rings (SSSR count). The monoisotopic (exact) mass is 219 g/mol. The maximum Gasteiger partial charge on any atom is 0.150 e. The van der Waals surface area contributed by atoms with Gasteiger partial charge in [0, 0.05) is 6.04 Å². The molecule has 0 radical (unpaired) electrons. The summed E-state index contributed by atoms with van der Waals surface area (Å²) in [7, 11) is -2.76. The van der Waals surface area contributed by atoms with Gasteiger partial charge in [-0.15, -0.1) is 0 Å². The van der Waals surface area contributed by atoms with E-state index < -0.39 is 9.84 Å². The Morgan fingerprint density at radius 3 is 2.43 bits per heavy atom. The maximum absolute atomic E-state index is 11.4. The number of sulfone groups is 1. The van der Waals surface area contributed by atoms with Crippen LogP contribution in [-0.4, -0.2) is 32.5 Å². The van der Waals surface area contributed by atoms with Crippen molar-refractivity contribution in [1.29, 1.82) is 0 Å². The number of nitrogens with one attached hydrogen (secondary N) is 1. The molecule has 0 amide bonds. The van der Waals surface area contributed by atoms with Gasteiger partial charge in [0.05, 0.1) is 11.5 Å². The molecule has 0 atom stereocenters. The van der Waals surface area contributed by atoms with E-state index >= 15 is 0 Å². The molecular weight excluding hydrogens is 198 g/mol. The first-order chi connectivity index (χ1) is 6.64. The molecule has 3 nitrogen and oxygen atoms in total. The molecule has 1 aliphatic rings. The summed E-state index contributed by atoms with van der Waals surface area (Å²) < 4.78 is 22.8. The Balaban J connectivity index is 2.02. The number of hydrogen-bond donors (Lipinski definition) is 1. The highest BCUT2D eigenvalue weighted by Crippen LogP contribution is 2.18. The molecule has 84 valence electrons. The summed E-state index contributed by atoms with van der Waals surface area (Å²) in [6.45, 7) is 2.88. The van der Waals surface area contributed by atoms with Crippen molar-refractivity contribution in [2.75, 3.05) is 18.1 Å². The van der Waals surface area contributed by atoms with Crippen LogP contribution in [0.1, 0.15) is 39.0 Å². The van der Waals surface area contributed by atoms with Crippen LogP contribution >= 0.6 is 0 Å². The van der Waals surface area contributed by atoms with Crippen molar-refractivity contribution >= 4 is 9.84 Å². The third kappa shape index (κ3) is 5.60. The molecule has 0 saturated heterocycles. The summed E-state index contributed by atoms with van der Waals surface area (Å²) in [6, 6.07) is 0.688. The lowest BCUT2D eigenvalue weighted by atomic mass is 10.4. The largest absolute Gasteiger partial charge is 0.314 e. The first kappa shape index (κ1) is 12.0. The van der Waals surface area contributed by atoms with Crippen molar-refractivity contribution in [2.24, 2.45) is 0 Å². The standard InChI is InChI=1S/C10H21NO2S/c1-2-3-8-14(12,13)9-4-7-11-10-5-6-10/h10-11H,2-9H2,1H3. The Bertz CT molecular complexity index is 245. The second-order valence-corrected chi connectivity index (χ2v) is 6.39. The molecule has 1 saturated carbocycles. The van der Waals surface area contributed by atoms with Gasteiger partial charge in [0.1, 0.15) is 9.84 Å². The van der Waals surface area contributed by atoms with Gasteiger partial charge in [0.15, 0.2) is 0 Å². The van der Waals surface area contributed by atoms with Crippen LogP contribution in [-0.2, 0) is 9.84 Å². The van der Waals surface area contributed by atoms with Crippen molar-refractivity contribution in [3.63, 3.8) is 0 Å². The molecule has 0 aromatic carbocycles. The van der Waals surface area contributed by atoms with Crippen molar-refractivity contribution in [3.8, 4) is 0 Å². The molecule has 1 fully saturated rings. The van der Waals surface area contributed by atoms with Gasteiger partial charge in [-0.2, -0.15) is 0 Å². The molecule has 1 N–H and O–H groups in total. The third-order valence-corrected chi connectivity index (χ3v) is 4.27. The summed E-state index contributed by atoms with van der Waals surface area (Å²) in [5, 5.41) is 3.32. The van der Waals surface area contributed by atoms with Gasteiger partial charge in [-0.25, -0.2) is 8.42 Å². The fourth-order valence-electron chi connectivity index (χ4n) is 1.35. The van der Waals surface area contributed by atoms with Gasteiger partial charge in [-0.1, -0.05) is 13.3 Å². The second kappa shape index (κ2) is 5.71. The maximum atomic E-state index is 11.4. The van der Waals surface area contributed by atoms with E-state index in [0.717, 1.165) is 25.8 Å². The third-order valence-electron chi connectivity index (χ3n) is 2.45. The Morgan fingerprint density at radius 2 is 1.86 bits per heavy atom. The van der Waals surface area contributed by atoms with Crippen molar-refractivity contribution < 1.29 is 8.42 Å². The predicted molar refractivity (Wildman–Crippen MR) is 59.2 cm³/mol. The van der Waals surface area contributed by atoms with Crippen molar-refractivity contribution in [3.05, 3.63) is 0 Å². The lowest BCUT2D eigenvalue weighted by Gasteiger charge is -2.04. The lowest BCUT2D eigenvalue weighted by Crippen LogP contribution is -2.21. The van der Waals surface area contributed by atoms with Crippen LogP contribution in [0.25, 0.3) is 0 Å². The lowest BCUT2D eigenvalue weighted by molar-refractivity contribution is 0.585. The fraction of sp³-hybridized carbons (Fsp3) is 1.00. The topological polar surface area (TPSA) is 46.2 Å². The van der Waals surface area contributed by atoms with Gasteiger partial charge < -0.3 is 5.32 Å². The highest BCUT2D eigenvalue weighted by molar-refractivity contribution is 7.91. The molecule has 0 spiro atoms. The van der Waals surface area contributed by atoms with Crippen LogP contribution in [0.5, 0.6) is 0 Å². The van der Waals surface area contributed by atoms with Crippen LogP contribution in [0.15, 0.2) is 0 Å². The summed E-state index contributed by atoms with van der Waals surface area (Å²) in [5.41, 5.74) is 0. The average molecular weight is 219 g/mol. The zero-order chi connectivity index (χ0) is 10.4. The van der Waals surface area contributed by atoms with Crippen LogP contribution < -0.4 is 5.32 Å². The zero-order valence-corrected chi connectivity index (χ0v) is 9.78. The molecule has 0 heterocycles. The summed E-state index contributed by atoms with van der Waals surface area (Å²) >= 11 is 0. The first-order valence-electron chi connectivity index (χ1n) is 5.58. The molecule has 0 aromatic rings. The number of rotatable bonds is 8. The number of hydrogen-bond acceptors (Lipinski definition) is 3. The normalized spacial score (nSPS) is 17.2. The average Bonchev–Trinajstić information content (AvgIpc) is 2.93. The van der Waals surface area contributed by atoms with E-state index in [4.69, 9.17) is 0 Å². The summed E-state index contributed by atoms with van der Waals surface area (Å²) in [6.07, 6.45) is 5.06. The summed E-state index contributed by atoms with van der Waals surface area (Å²) in [4.78, 5) is 0. The van der Waals surface area contributed by atoms with Crippen molar-refractivity contribution in [2.45, 2.75) is 45.1 Å². The Hall–Kier alpha value is -0.0900. The zero-order valence-electron chi connectivity index (χ0n) is 8.96. The van der Waals surface area contributed by atoms with Gasteiger partial charge in [-0.05, 0) is 32.2 Å². The molecule has 0 bridgehead atoms. The molecule has 4 heteroatoms.